The maximum absolute atomic E-state index is 14.0. The van der Waals surface area contributed by atoms with E-state index < -0.39 is 23.4 Å². The minimum Gasteiger partial charge on any atom is -0.375 e. The molecule has 2 unspecified atom stereocenters. The van der Waals surface area contributed by atoms with Gasteiger partial charge in [-0.2, -0.15) is 13.2 Å². The highest BCUT2D eigenvalue weighted by atomic mass is 35.5. The molecule has 26 heavy (non-hydrogen) atoms. The van der Waals surface area contributed by atoms with Crippen LogP contribution >= 0.6 is 23.2 Å². The van der Waals surface area contributed by atoms with Crippen molar-refractivity contribution in [2.45, 2.75) is 24.6 Å². The summed E-state index contributed by atoms with van der Waals surface area (Å²) in [6.07, 6.45) is -4.07. The van der Waals surface area contributed by atoms with Gasteiger partial charge in [-0.15, -0.1) is 0 Å². The zero-order valence-electron chi connectivity index (χ0n) is 13.4. The molecule has 0 saturated heterocycles. The number of aliphatic hydroxyl groups is 1. The van der Waals surface area contributed by atoms with E-state index in [9.17, 15) is 18.3 Å². The predicted octanol–water partition coefficient (Wildman–Crippen LogP) is 5.49. The Morgan fingerprint density at radius 1 is 1.04 bits per heavy atom. The van der Waals surface area contributed by atoms with Gasteiger partial charge >= 0.3 is 6.18 Å². The molecule has 0 bridgehead atoms. The summed E-state index contributed by atoms with van der Waals surface area (Å²) < 4.78 is 41.9. The van der Waals surface area contributed by atoms with Crippen LogP contribution in [0.5, 0.6) is 0 Å². The molecular weight excluding hydrogens is 388 g/mol. The third-order valence-electron chi connectivity index (χ3n) is 4.33. The van der Waals surface area contributed by atoms with Gasteiger partial charge in [0, 0.05) is 16.0 Å². The Morgan fingerprint density at radius 3 is 2.31 bits per heavy atom. The summed E-state index contributed by atoms with van der Waals surface area (Å²) in [6, 6.07) is 10.6. The Labute approximate surface area is 157 Å². The van der Waals surface area contributed by atoms with Gasteiger partial charge in [-0.05, 0) is 29.8 Å². The highest BCUT2D eigenvalue weighted by Crippen LogP contribution is 2.49. The summed E-state index contributed by atoms with van der Waals surface area (Å²) >= 11 is 11.9. The maximum atomic E-state index is 14.0. The van der Waals surface area contributed by atoms with Crippen LogP contribution in [0, 0.1) is 0 Å². The number of benzene rings is 2. The molecule has 1 aromatic heterocycles. The fourth-order valence-electron chi connectivity index (χ4n) is 2.83. The standard InChI is InChI=1S/C18H13Cl2F3N2O/c1-10(12-7-6-11(19)8-13(12)20)17(26,18(21,22)23)16-9-24-14-4-2-3-5-15(14)25-16/h2-10,26H,1H3. The summed E-state index contributed by atoms with van der Waals surface area (Å²) in [5.41, 5.74) is -3.09. The molecule has 2 aromatic carbocycles. The molecule has 0 aliphatic carbocycles. The Kier molecular flexibility index (Phi) is 4.86. The van der Waals surface area contributed by atoms with Crippen LogP contribution in [0.1, 0.15) is 24.1 Å². The van der Waals surface area contributed by atoms with E-state index in [1.54, 1.807) is 18.2 Å². The van der Waals surface area contributed by atoms with Crippen LogP contribution in [-0.2, 0) is 5.60 Å². The molecule has 0 amide bonds. The Bertz CT molecular complexity index is 965. The van der Waals surface area contributed by atoms with Crippen molar-refractivity contribution in [3.05, 3.63) is 70.0 Å². The van der Waals surface area contributed by atoms with Crippen LogP contribution in [-0.4, -0.2) is 21.3 Å². The minimum absolute atomic E-state index is 0.0291. The smallest absolute Gasteiger partial charge is 0.375 e. The fraction of sp³-hybridized carbons (Fsp3) is 0.222. The van der Waals surface area contributed by atoms with Crippen LogP contribution < -0.4 is 0 Å². The lowest BCUT2D eigenvalue weighted by Gasteiger charge is -2.35. The highest BCUT2D eigenvalue weighted by Gasteiger charge is 2.60. The van der Waals surface area contributed by atoms with Crippen LogP contribution in [0.25, 0.3) is 11.0 Å². The van der Waals surface area contributed by atoms with Gasteiger partial charge in [0.15, 0.2) is 0 Å². The molecule has 0 aliphatic heterocycles. The number of nitrogens with zero attached hydrogens (tertiary/aromatic N) is 2. The first-order valence-electron chi connectivity index (χ1n) is 7.61. The fourth-order valence-corrected chi connectivity index (χ4v) is 3.40. The zero-order chi connectivity index (χ0) is 19.1. The molecule has 0 fully saturated rings. The summed E-state index contributed by atoms with van der Waals surface area (Å²) in [5, 5.41) is 11.1. The van der Waals surface area contributed by atoms with Crippen LogP contribution in [0.15, 0.2) is 48.7 Å². The number of para-hydroxylation sites is 2. The van der Waals surface area contributed by atoms with E-state index in [0.717, 1.165) is 6.20 Å². The second kappa shape index (κ2) is 6.68. The number of aromatic nitrogens is 2. The van der Waals surface area contributed by atoms with E-state index in [1.807, 2.05) is 0 Å². The molecular formula is C18H13Cl2F3N2O. The van der Waals surface area contributed by atoms with Gasteiger partial charge in [-0.25, -0.2) is 4.98 Å². The van der Waals surface area contributed by atoms with Gasteiger partial charge in [0.2, 0.25) is 5.60 Å². The van der Waals surface area contributed by atoms with E-state index in [2.05, 4.69) is 9.97 Å². The lowest BCUT2D eigenvalue weighted by molar-refractivity contribution is -0.276. The topological polar surface area (TPSA) is 46.0 Å². The second-order valence-electron chi connectivity index (χ2n) is 5.90. The Balaban J connectivity index is 2.19. The van der Waals surface area contributed by atoms with E-state index in [-0.39, 0.29) is 21.1 Å². The maximum Gasteiger partial charge on any atom is 0.423 e. The highest BCUT2D eigenvalue weighted by molar-refractivity contribution is 6.35. The largest absolute Gasteiger partial charge is 0.423 e. The van der Waals surface area contributed by atoms with Crippen molar-refractivity contribution in [2.24, 2.45) is 0 Å². The zero-order valence-corrected chi connectivity index (χ0v) is 14.9. The van der Waals surface area contributed by atoms with Crippen molar-refractivity contribution in [1.29, 1.82) is 0 Å². The van der Waals surface area contributed by atoms with Gasteiger partial charge in [-0.3, -0.25) is 4.98 Å². The molecule has 0 radical (unpaired) electrons. The number of alkyl halides is 3. The van der Waals surface area contributed by atoms with Crippen molar-refractivity contribution < 1.29 is 18.3 Å². The van der Waals surface area contributed by atoms with Crippen LogP contribution in [0.3, 0.4) is 0 Å². The summed E-state index contributed by atoms with van der Waals surface area (Å²) in [7, 11) is 0. The van der Waals surface area contributed by atoms with E-state index in [1.165, 1.54) is 31.2 Å². The lowest BCUT2D eigenvalue weighted by atomic mass is 9.80. The number of hydrogen-bond donors (Lipinski definition) is 1. The quantitative estimate of drug-likeness (QED) is 0.631. The van der Waals surface area contributed by atoms with Crippen molar-refractivity contribution >= 4 is 34.2 Å². The van der Waals surface area contributed by atoms with Crippen molar-refractivity contribution in [3.8, 4) is 0 Å². The molecule has 2 atom stereocenters. The summed E-state index contributed by atoms with van der Waals surface area (Å²) in [6.45, 7) is 1.24. The molecule has 0 saturated carbocycles. The third kappa shape index (κ3) is 3.13. The first kappa shape index (κ1) is 18.9. The van der Waals surface area contributed by atoms with Crippen LogP contribution in [0.2, 0.25) is 10.0 Å². The molecule has 3 aromatic rings. The molecule has 3 nitrogen and oxygen atoms in total. The lowest BCUT2D eigenvalue weighted by Crippen LogP contribution is -2.47. The normalized spacial score (nSPS) is 15.7. The summed E-state index contributed by atoms with van der Waals surface area (Å²) in [4.78, 5) is 8.00. The number of fused-ring (bicyclic) bond motifs is 1. The molecule has 0 aliphatic rings. The summed E-state index contributed by atoms with van der Waals surface area (Å²) in [5.74, 6) is -1.44. The van der Waals surface area contributed by atoms with Gasteiger partial charge in [0.05, 0.1) is 17.2 Å². The van der Waals surface area contributed by atoms with Gasteiger partial charge < -0.3 is 5.11 Å². The SMILES string of the molecule is CC(c1ccc(Cl)cc1Cl)C(O)(c1cnc2ccccc2n1)C(F)(F)F. The second-order valence-corrected chi connectivity index (χ2v) is 6.74. The Morgan fingerprint density at radius 2 is 1.69 bits per heavy atom. The van der Waals surface area contributed by atoms with Crippen molar-refractivity contribution in [1.82, 2.24) is 9.97 Å². The molecule has 1 N–H and O–H groups in total. The molecule has 3 rings (SSSR count). The van der Waals surface area contributed by atoms with Crippen LogP contribution in [0.4, 0.5) is 13.2 Å². The average molecular weight is 401 g/mol. The van der Waals surface area contributed by atoms with Gasteiger partial charge in [-0.1, -0.05) is 48.3 Å². The molecule has 1 heterocycles. The number of halogens is 5. The molecule has 8 heteroatoms. The van der Waals surface area contributed by atoms with Crippen molar-refractivity contribution in [2.75, 3.05) is 0 Å². The molecule has 0 spiro atoms. The third-order valence-corrected chi connectivity index (χ3v) is 4.89. The monoisotopic (exact) mass is 400 g/mol. The van der Waals surface area contributed by atoms with Gasteiger partial charge in [0.25, 0.3) is 0 Å². The van der Waals surface area contributed by atoms with Gasteiger partial charge in [0.1, 0.15) is 5.69 Å². The van der Waals surface area contributed by atoms with E-state index >= 15 is 0 Å². The first-order chi connectivity index (χ1) is 12.1. The average Bonchev–Trinajstić information content (AvgIpc) is 2.59. The number of rotatable bonds is 3. The molecule has 136 valence electrons. The van der Waals surface area contributed by atoms with E-state index in [4.69, 9.17) is 23.2 Å². The first-order valence-corrected chi connectivity index (χ1v) is 8.36. The minimum atomic E-state index is -5.01. The van der Waals surface area contributed by atoms with Crippen molar-refractivity contribution in [3.63, 3.8) is 0 Å². The Hall–Kier alpha value is -1.89. The number of hydrogen-bond acceptors (Lipinski definition) is 3. The predicted molar refractivity (Wildman–Crippen MR) is 94.4 cm³/mol. The van der Waals surface area contributed by atoms with E-state index in [0.29, 0.717) is 5.52 Å².